The minimum absolute atomic E-state index is 0.0124. The van der Waals surface area contributed by atoms with Gasteiger partial charge in [-0.2, -0.15) is 0 Å². The van der Waals surface area contributed by atoms with Crippen LogP contribution < -0.4 is 0 Å². The molecule has 0 N–H and O–H groups in total. The van der Waals surface area contributed by atoms with Crippen LogP contribution in [-0.4, -0.2) is 15.7 Å². The van der Waals surface area contributed by atoms with Gasteiger partial charge in [0.05, 0.1) is 5.75 Å². The molecule has 0 aliphatic rings. The van der Waals surface area contributed by atoms with Crippen LogP contribution in [0.1, 0.15) is 15.9 Å². The van der Waals surface area contributed by atoms with E-state index in [2.05, 4.69) is 0 Å². The normalized spacial score (nSPS) is 12.1. The molecule has 0 aromatic heterocycles. The summed E-state index contributed by atoms with van der Waals surface area (Å²) in [6, 6.07) is 9.67. The van der Waals surface area contributed by atoms with E-state index >= 15 is 0 Å². The summed E-state index contributed by atoms with van der Waals surface area (Å²) in [5.41, 5.74) is 0.800. The van der Waals surface area contributed by atoms with Gasteiger partial charge in [-0.1, -0.05) is 23.7 Å². The van der Waals surface area contributed by atoms with Crippen molar-refractivity contribution in [3.05, 3.63) is 70.2 Å². The third kappa shape index (κ3) is 4.44. The predicted octanol–water partition coefficient (Wildman–Crippen LogP) is 3.75. The Balaban J connectivity index is 2.00. The van der Waals surface area contributed by atoms with Crippen molar-refractivity contribution in [1.82, 2.24) is 0 Å². The Kier molecular flexibility index (Phi) is 5.20. The summed E-state index contributed by atoms with van der Waals surface area (Å²) in [5, 5.41) is 0.572. The molecule has 0 aliphatic heterocycles. The second-order valence-electron chi connectivity index (χ2n) is 4.41. The van der Waals surface area contributed by atoms with Crippen LogP contribution in [0.3, 0.4) is 0 Å². The fourth-order valence-electron chi connectivity index (χ4n) is 1.72. The molecule has 21 heavy (non-hydrogen) atoms. The molecule has 6 heteroatoms. The maximum Gasteiger partial charge on any atom is 0.175 e. The van der Waals surface area contributed by atoms with Crippen molar-refractivity contribution in [1.29, 1.82) is 0 Å². The number of Topliss-reactive ketones (excluding diaryl/α,β-unsaturated/α-hetero) is 1. The standard InChI is InChI=1S/C15H11ClF2O2S/c16-12-4-1-10(2-5-12)8-21(20)9-15(19)11-3-6-13(17)14(18)7-11/h1-7H,8-9H2. The molecule has 2 nitrogen and oxygen atoms in total. The SMILES string of the molecule is O=C(CS(=O)Cc1ccc(Cl)cc1)c1ccc(F)c(F)c1. The zero-order valence-electron chi connectivity index (χ0n) is 10.8. The Labute approximate surface area is 128 Å². The summed E-state index contributed by atoms with van der Waals surface area (Å²) < 4.78 is 37.8. The summed E-state index contributed by atoms with van der Waals surface area (Å²) in [6.07, 6.45) is 0. The lowest BCUT2D eigenvalue weighted by atomic mass is 10.1. The number of hydrogen-bond donors (Lipinski definition) is 0. The molecule has 0 aliphatic carbocycles. The van der Waals surface area contributed by atoms with E-state index in [4.69, 9.17) is 11.6 Å². The number of rotatable bonds is 5. The molecule has 0 amide bonds. The molecule has 0 fully saturated rings. The molecule has 0 bridgehead atoms. The lowest BCUT2D eigenvalue weighted by molar-refractivity contribution is 0.102. The van der Waals surface area contributed by atoms with Crippen LogP contribution in [0, 0.1) is 11.6 Å². The van der Waals surface area contributed by atoms with Crippen LogP contribution in [0.2, 0.25) is 5.02 Å². The van der Waals surface area contributed by atoms with E-state index in [1.165, 1.54) is 6.07 Å². The Morgan fingerprint density at radius 3 is 2.33 bits per heavy atom. The summed E-state index contributed by atoms with van der Waals surface area (Å²) in [5.74, 6) is -2.64. The number of hydrogen-bond acceptors (Lipinski definition) is 2. The molecule has 0 heterocycles. The van der Waals surface area contributed by atoms with Crippen molar-refractivity contribution in [3.8, 4) is 0 Å². The fourth-order valence-corrected chi connectivity index (χ4v) is 2.97. The first-order valence-electron chi connectivity index (χ1n) is 6.03. The zero-order valence-corrected chi connectivity index (χ0v) is 12.4. The predicted molar refractivity (Wildman–Crippen MR) is 78.9 cm³/mol. The number of carbonyl (C=O) groups excluding carboxylic acids is 1. The quantitative estimate of drug-likeness (QED) is 0.783. The summed E-state index contributed by atoms with van der Waals surface area (Å²) in [6.45, 7) is 0. The number of benzene rings is 2. The van der Waals surface area contributed by atoms with Crippen molar-refractivity contribution in [3.63, 3.8) is 0 Å². The molecule has 0 radical (unpaired) electrons. The highest BCUT2D eigenvalue weighted by atomic mass is 35.5. The number of carbonyl (C=O) groups is 1. The number of halogens is 3. The molecular formula is C15H11ClF2O2S. The highest BCUT2D eigenvalue weighted by Gasteiger charge is 2.13. The van der Waals surface area contributed by atoms with Crippen molar-refractivity contribution in [2.45, 2.75) is 5.75 Å². The zero-order chi connectivity index (χ0) is 15.4. The fraction of sp³-hybridized carbons (Fsp3) is 0.133. The van der Waals surface area contributed by atoms with Gasteiger partial charge < -0.3 is 0 Å². The van der Waals surface area contributed by atoms with E-state index < -0.39 is 28.2 Å². The third-order valence-corrected chi connectivity index (χ3v) is 4.27. The largest absolute Gasteiger partial charge is 0.293 e. The highest BCUT2D eigenvalue weighted by Crippen LogP contribution is 2.13. The minimum Gasteiger partial charge on any atom is -0.293 e. The van der Waals surface area contributed by atoms with Gasteiger partial charge in [0.25, 0.3) is 0 Å². The van der Waals surface area contributed by atoms with Crippen LogP contribution >= 0.6 is 11.6 Å². The van der Waals surface area contributed by atoms with Crippen LogP contribution in [0.15, 0.2) is 42.5 Å². The second kappa shape index (κ2) is 6.91. The van der Waals surface area contributed by atoms with E-state index in [-0.39, 0.29) is 17.1 Å². The average Bonchev–Trinajstić information content (AvgIpc) is 2.44. The maximum absolute atomic E-state index is 13.0. The lowest BCUT2D eigenvalue weighted by Gasteiger charge is -2.04. The summed E-state index contributed by atoms with van der Waals surface area (Å²) in [4.78, 5) is 11.9. The average molecular weight is 329 g/mol. The summed E-state index contributed by atoms with van der Waals surface area (Å²) >= 11 is 5.74. The molecule has 110 valence electrons. The smallest absolute Gasteiger partial charge is 0.175 e. The van der Waals surface area contributed by atoms with Gasteiger partial charge >= 0.3 is 0 Å². The van der Waals surface area contributed by atoms with Crippen molar-refractivity contribution < 1.29 is 17.8 Å². The first-order valence-corrected chi connectivity index (χ1v) is 7.90. The molecule has 0 spiro atoms. The van der Waals surface area contributed by atoms with Gasteiger partial charge in [-0.25, -0.2) is 8.78 Å². The first kappa shape index (κ1) is 15.8. The monoisotopic (exact) mass is 328 g/mol. The highest BCUT2D eigenvalue weighted by molar-refractivity contribution is 7.85. The molecule has 2 aromatic carbocycles. The van der Waals surface area contributed by atoms with E-state index in [9.17, 15) is 17.8 Å². The molecular weight excluding hydrogens is 318 g/mol. The van der Waals surface area contributed by atoms with E-state index in [0.29, 0.717) is 5.02 Å². The van der Waals surface area contributed by atoms with Crippen LogP contribution in [0.4, 0.5) is 8.78 Å². The van der Waals surface area contributed by atoms with Crippen molar-refractivity contribution in [2.75, 3.05) is 5.75 Å². The van der Waals surface area contributed by atoms with Gasteiger partial charge in [-0.3, -0.25) is 9.00 Å². The van der Waals surface area contributed by atoms with Crippen LogP contribution in [-0.2, 0) is 16.6 Å². The van der Waals surface area contributed by atoms with Gasteiger partial charge in [-0.15, -0.1) is 0 Å². The Morgan fingerprint density at radius 2 is 1.71 bits per heavy atom. The Morgan fingerprint density at radius 1 is 1.05 bits per heavy atom. The first-order chi connectivity index (χ1) is 9.95. The molecule has 1 atom stereocenters. The van der Waals surface area contributed by atoms with E-state index in [1.807, 2.05) is 0 Å². The molecule has 1 unspecified atom stereocenters. The Bertz CT molecular complexity index is 687. The number of ketones is 1. The van der Waals surface area contributed by atoms with Crippen LogP contribution in [0.5, 0.6) is 0 Å². The van der Waals surface area contributed by atoms with Gasteiger partial charge in [0, 0.05) is 27.1 Å². The third-order valence-electron chi connectivity index (χ3n) is 2.77. The topological polar surface area (TPSA) is 34.1 Å². The Hall–Kier alpha value is -1.59. The van der Waals surface area contributed by atoms with Gasteiger partial charge in [0.1, 0.15) is 0 Å². The van der Waals surface area contributed by atoms with Crippen molar-refractivity contribution in [2.24, 2.45) is 0 Å². The second-order valence-corrected chi connectivity index (χ2v) is 6.30. The molecule has 2 rings (SSSR count). The van der Waals surface area contributed by atoms with E-state index in [1.54, 1.807) is 24.3 Å². The van der Waals surface area contributed by atoms with Gasteiger partial charge in [0.15, 0.2) is 17.4 Å². The molecule has 0 saturated carbocycles. The lowest BCUT2D eigenvalue weighted by Crippen LogP contribution is -2.12. The molecule has 2 aromatic rings. The van der Waals surface area contributed by atoms with Gasteiger partial charge in [-0.05, 0) is 35.9 Å². The van der Waals surface area contributed by atoms with Crippen LogP contribution in [0.25, 0.3) is 0 Å². The van der Waals surface area contributed by atoms with Gasteiger partial charge in [0.2, 0.25) is 0 Å². The van der Waals surface area contributed by atoms with E-state index in [0.717, 1.165) is 17.7 Å². The summed E-state index contributed by atoms with van der Waals surface area (Å²) in [7, 11) is -1.43. The minimum atomic E-state index is -1.43. The maximum atomic E-state index is 13.0. The molecule has 0 saturated heterocycles. The van der Waals surface area contributed by atoms with Crippen molar-refractivity contribution >= 4 is 28.2 Å².